The summed E-state index contributed by atoms with van der Waals surface area (Å²) in [7, 11) is 0. The normalized spacial score (nSPS) is 17.9. The Hall–Kier alpha value is -2.23. The number of likely N-dealkylation sites (tertiary alicyclic amines) is 1. The maximum absolute atomic E-state index is 12.3. The molecule has 2 amide bonds. The van der Waals surface area contributed by atoms with Crippen LogP contribution in [-0.2, 0) is 6.42 Å². The maximum atomic E-state index is 12.3. The number of carbonyl (C=O) groups is 1. The van der Waals surface area contributed by atoms with Crippen molar-refractivity contribution in [1.82, 2.24) is 15.2 Å². The van der Waals surface area contributed by atoms with Gasteiger partial charge in [0.05, 0.1) is 6.04 Å². The van der Waals surface area contributed by atoms with Gasteiger partial charge >= 0.3 is 6.03 Å². The Morgan fingerprint density at radius 1 is 1.24 bits per heavy atom. The maximum Gasteiger partial charge on any atom is 0.317 e. The predicted octanol–water partition coefficient (Wildman–Crippen LogP) is 3.10. The number of hydrogen-bond donors (Lipinski definition) is 2. The van der Waals surface area contributed by atoms with Crippen LogP contribution >= 0.6 is 0 Å². The number of carbonyl (C=O) groups excluding carboxylic acids is 1. The number of aromatic amines is 1. The summed E-state index contributed by atoms with van der Waals surface area (Å²) >= 11 is 0. The van der Waals surface area contributed by atoms with E-state index in [1.165, 1.54) is 5.56 Å². The van der Waals surface area contributed by atoms with Crippen molar-refractivity contribution >= 4 is 6.03 Å². The Morgan fingerprint density at radius 3 is 2.86 bits per heavy atom. The number of amides is 2. The zero-order valence-corrected chi connectivity index (χ0v) is 12.1. The zero-order valence-electron chi connectivity index (χ0n) is 12.1. The van der Waals surface area contributed by atoms with Gasteiger partial charge in [0, 0.05) is 25.0 Å². The molecule has 2 aromatic rings. The van der Waals surface area contributed by atoms with Gasteiger partial charge in [0.1, 0.15) is 0 Å². The van der Waals surface area contributed by atoms with E-state index in [1.54, 1.807) is 0 Å². The summed E-state index contributed by atoms with van der Waals surface area (Å²) in [5.74, 6) is 0. The predicted molar refractivity (Wildman–Crippen MR) is 83.0 cm³/mol. The highest BCUT2D eigenvalue weighted by Gasteiger charge is 2.30. The van der Waals surface area contributed by atoms with Gasteiger partial charge in [-0.2, -0.15) is 0 Å². The first-order chi connectivity index (χ1) is 10.3. The van der Waals surface area contributed by atoms with E-state index in [0.29, 0.717) is 6.54 Å². The third-order valence-electron chi connectivity index (χ3n) is 4.03. The lowest BCUT2D eigenvalue weighted by molar-refractivity contribution is 0.192. The molecule has 110 valence electrons. The molecule has 1 aromatic heterocycles. The van der Waals surface area contributed by atoms with Gasteiger partial charge in [-0.05, 0) is 37.0 Å². The number of hydrogen-bond acceptors (Lipinski definition) is 1. The van der Waals surface area contributed by atoms with Crippen LogP contribution in [0.15, 0.2) is 48.7 Å². The van der Waals surface area contributed by atoms with Crippen LogP contribution < -0.4 is 5.32 Å². The molecule has 0 aliphatic carbocycles. The highest BCUT2D eigenvalue weighted by molar-refractivity contribution is 5.75. The smallest absolute Gasteiger partial charge is 0.317 e. The minimum atomic E-state index is 0.0445. The first-order valence-electron chi connectivity index (χ1n) is 7.56. The number of benzene rings is 1. The van der Waals surface area contributed by atoms with Gasteiger partial charge in [0.2, 0.25) is 0 Å². The van der Waals surface area contributed by atoms with Crippen molar-refractivity contribution < 1.29 is 4.79 Å². The van der Waals surface area contributed by atoms with Gasteiger partial charge in [0.15, 0.2) is 0 Å². The first kappa shape index (κ1) is 13.7. The third kappa shape index (κ3) is 3.27. The quantitative estimate of drug-likeness (QED) is 0.890. The summed E-state index contributed by atoms with van der Waals surface area (Å²) in [5, 5.41) is 3.04. The van der Waals surface area contributed by atoms with Crippen molar-refractivity contribution in [3.63, 3.8) is 0 Å². The summed E-state index contributed by atoms with van der Waals surface area (Å²) < 4.78 is 0. The van der Waals surface area contributed by atoms with Crippen LogP contribution in [0.4, 0.5) is 4.79 Å². The number of nitrogens with one attached hydrogen (secondary N) is 2. The lowest BCUT2D eigenvalue weighted by Crippen LogP contribution is -2.40. The summed E-state index contributed by atoms with van der Waals surface area (Å²) in [4.78, 5) is 17.5. The fourth-order valence-corrected chi connectivity index (χ4v) is 2.94. The number of H-pyrrole nitrogens is 1. The van der Waals surface area contributed by atoms with Gasteiger partial charge in [-0.25, -0.2) is 4.79 Å². The summed E-state index contributed by atoms with van der Waals surface area (Å²) in [6.45, 7) is 1.51. The van der Waals surface area contributed by atoms with Gasteiger partial charge < -0.3 is 15.2 Å². The van der Waals surface area contributed by atoms with Crippen LogP contribution in [0, 0.1) is 0 Å². The monoisotopic (exact) mass is 283 g/mol. The number of aromatic nitrogens is 1. The molecular weight excluding hydrogens is 262 g/mol. The zero-order chi connectivity index (χ0) is 14.5. The molecule has 1 aromatic carbocycles. The number of rotatable bonds is 4. The standard InChI is InChI=1S/C17H21N3O/c21-17(19-12-10-14-6-2-1-3-7-14)20-13-5-9-16(20)15-8-4-11-18-15/h1-4,6-8,11,16,18H,5,9-10,12-13H2,(H,19,21). The molecular formula is C17H21N3O. The highest BCUT2D eigenvalue weighted by Crippen LogP contribution is 2.30. The van der Waals surface area contributed by atoms with Crippen molar-refractivity contribution in [2.45, 2.75) is 25.3 Å². The Morgan fingerprint density at radius 2 is 2.10 bits per heavy atom. The van der Waals surface area contributed by atoms with Gasteiger partial charge in [-0.3, -0.25) is 0 Å². The van der Waals surface area contributed by atoms with Gasteiger partial charge in [0.25, 0.3) is 0 Å². The van der Waals surface area contributed by atoms with Crippen LogP contribution in [-0.4, -0.2) is 29.0 Å². The van der Waals surface area contributed by atoms with Gasteiger partial charge in [-0.15, -0.1) is 0 Å². The number of urea groups is 1. The highest BCUT2D eigenvalue weighted by atomic mass is 16.2. The van der Waals surface area contributed by atoms with E-state index in [-0.39, 0.29) is 12.1 Å². The van der Waals surface area contributed by atoms with E-state index >= 15 is 0 Å². The van der Waals surface area contributed by atoms with Crippen LogP contribution in [0.3, 0.4) is 0 Å². The largest absolute Gasteiger partial charge is 0.363 e. The second-order valence-corrected chi connectivity index (χ2v) is 5.44. The van der Waals surface area contributed by atoms with Gasteiger partial charge in [-0.1, -0.05) is 30.3 Å². The molecule has 0 spiro atoms. The second kappa shape index (κ2) is 6.48. The van der Waals surface area contributed by atoms with Crippen LogP contribution in [0.2, 0.25) is 0 Å². The summed E-state index contributed by atoms with van der Waals surface area (Å²) in [6.07, 6.45) is 4.88. The lowest BCUT2D eigenvalue weighted by Gasteiger charge is -2.24. The average Bonchev–Trinajstić information content (AvgIpc) is 3.19. The van der Waals surface area contributed by atoms with Crippen molar-refractivity contribution in [1.29, 1.82) is 0 Å². The van der Waals surface area contributed by atoms with Crippen molar-refractivity contribution in [3.05, 3.63) is 59.9 Å². The molecule has 1 aliphatic rings. The van der Waals surface area contributed by atoms with E-state index in [0.717, 1.165) is 31.5 Å². The molecule has 21 heavy (non-hydrogen) atoms. The molecule has 4 heteroatoms. The molecule has 2 heterocycles. The lowest BCUT2D eigenvalue weighted by atomic mass is 10.1. The van der Waals surface area contributed by atoms with Crippen molar-refractivity contribution in [2.75, 3.05) is 13.1 Å². The van der Waals surface area contributed by atoms with Crippen molar-refractivity contribution in [3.8, 4) is 0 Å². The Balaban J connectivity index is 1.53. The summed E-state index contributed by atoms with van der Waals surface area (Å²) in [6, 6.07) is 14.5. The minimum absolute atomic E-state index is 0.0445. The molecule has 0 saturated carbocycles. The molecule has 3 rings (SSSR count). The summed E-state index contributed by atoms with van der Waals surface area (Å²) in [5.41, 5.74) is 2.38. The first-order valence-corrected chi connectivity index (χ1v) is 7.56. The Labute approximate surface area is 125 Å². The molecule has 0 radical (unpaired) electrons. The van der Waals surface area contributed by atoms with E-state index in [1.807, 2.05) is 35.4 Å². The molecule has 1 saturated heterocycles. The fraction of sp³-hybridized carbons (Fsp3) is 0.353. The molecule has 1 fully saturated rings. The third-order valence-corrected chi connectivity index (χ3v) is 4.03. The van der Waals surface area contributed by atoms with E-state index < -0.39 is 0 Å². The second-order valence-electron chi connectivity index (χ2n) is 5.44. The van der Waals surface area contributed by atoms with E-state index in [4.69, 9.17) is 0 Å². The SMILES string of the molecule is O=C(NCCc1ccccc1)N1CCCC1c1ccc[nH]1. The molecule has 1 unspecified atom stereocenters. The average molecular weight is 283 g/mol. The van der Waals surface area contributed by atoms with Crippen LogP contribution in [0.25, 0.3) is 0 Å². The minimum Gasteiger partial charge on any atom is -0.363 e. The number of nitrogens with zero attached hydrogens (tertiary/aromatic N) is 1. The Kier molecular flexibility index (Phi) is 4.24. The van der Waals surface area contributed by atoms with Crippen molar-refractivity contribution in [2.24, 2.45) is 0 Å². The van der Waals surface area contributed by atoms with Crippen LogP contribution in [0.1, 0.15) is 30.1 Å². The van der Waals surface area contributed by atoms with Crippen LogP contribution in [0.5, 0.6) is 0 Å². The van der Waals surface area contributed by atoms with E-state index in [2.05, 4.69) is 28.5 Å². The molecule has 4 nitrogen and oxygen atoms in total. The topological polar surface area (TPSA) is 48.1 Å². The molecule has 1 aliphatic heterocycles. The van der Waals surface area contributed by atoms with E-state index in [9.17, 15) is 4.79 Å². The Bertz CT molecular complexity index is 565. The molecule has 0 bridgehead atoms. The molecule has 1 atom stereocenters. The fourth-order valence-electron chi connectivity index (χ4n) is 2.94. The molecule has 2 N–H and O–H groups in total.